The number of rotatable bonds is 4. The van der Waals surface area contributed by atoms with Crippen LogP contribution in [0.25, 0.3) is 0 Å². The third-order valence-corrected chi connectivity index (χ3v) is 6.73. The van der Waals surface area contributed by atoms with Gasteiger partial charge in [0.15, 0.2) is 0 Å². The van der Waals surface area contributed by atoms with Crippen molar-refractivity contribution in [1.82, 2.24) is 0 Å². The Hall–Kier alpha value is -2.24. The van der Waals surface area contributed by atoms with Gasteiger partial charge in [-0.15, -0.1) is 0 Å². The molecule has 0 spiro atoms. The first kappa shape index (κ1) is 29.8. The second-order valence-electron chi connectivity index (χ2n) is 10.8. The molecule has 1 aliphatic heterocycles. The molecular weight excluding hydrogens is 432 g/mol. The van der Waals surface area contributed by atoms with E-state index in [1.54, 1.807) is 0 Å². The zero-order valence-electron chi connectivity index (χ0n) is 22.2. The molecule has 0 bridgehead atoms. The van der Waals surface area contributed by atoms with E-state index in [2.05, 4.69) is 0 Å². The Bertz CT molecular complexity index is 635. The highest BCUT2D eigenvalue weighted by molar-refractivity contribution is 5.89. The van der Waals surface area contributed by atoms with Crippen molar-refractivity contribution in [2.45, 2.75) is 81.1 Å². The molecule has 0 N–H and O–H groups in total. The van der Waals surface area contributed by atoms with Gasteiger partial charge in [0.05, 0.1) is 23.7 Å². The van der Waals surface area contributed by atoms with Crippen molar-refractivity contribution in [1.29, 1.82) is 0 Å². The van der Waals surface area contributed by atoms with Crippen LogP contribution in [0.5, 0.6) is 0 Å². The summed E-state index contributed by atoms with van der Waals surface area (Å²) in [6, 6.07) is 0. The molecule has 192 valence electrons. The number of carbonyl (C=O) groups is 4. The van der Waals surface area contributed by atoms with Crippen LogP contribution in [0.15, 0.2) is 24.3 Å². The first-order valence-electron chi connectivity index (χ1n) is 12.7. The average molecular weight is 477 g/mol. The fourth-order valence-corrected chi connectivity index (χ4v) is 4.03. The zero-order chi connectivity index (χ0) is 26.0. The van der Waals surface area contributed by atoms with Crippen LogP contribution in [0.3, 0.4) is 0 Å². The van der Waals surface area contributed by atoms with Crippen LogP contribution in [-0.2, 0) is 28.7 Å². The number of ether oxygens (including phenoxy) is 2. The summed E-state index contributed by atoms with van der Waals surface area (Å²) in [5, 5.41) is 0. The molecule has 6 nitrogen and oxygen atoms in total. The summed E-state index contributed by atoms with van der Waals surface area (Å²) in [4.78, 5) is 51.2. The van der Waals surface area contributed by atoms with Gasteiger partial charge in [0.2, 0.25) is 0 Å². The minimum Gasteiger partial charge on any atom is -0.393 e. The van der Waals surface area contributed by atoms with Crippen LogP contribution in [0.4, 0.5) is 0 Å². The number of allylic oxidation sites excluding steroid dienone is 4. The third kappa shape index (κ3) is 9.19. The maximum Gasteiger partial charge on any atom is 0.317 e. The standard InChI is InChI=1S/C28H44O6/c1-17(2)21-13-9-10-14-23(19(5)6)27(31)34-28(32)24(20(7)8)16-12-11-15-22(18(3)4)26(30)33-25(21)29/h9-12,17-24H,13-16H2,1-8H3/t21-,22-,23-,24-/m1/s1. The lowest BCUT2D eigenvalue weighted by Gasteiger charge is -2.22. The van der Waals surface area contributed by atoms with Crippen molar-refractivity contribution in [3.05, 3.63) is 24.3 Å². The molecule has 0 aromatic carbocycles. The highest BCUT2D eigenvalue weighted by Gasteiger charge is 2.32. The van der Waals surface area contributed by atoms with Gasteiger partial charge >= 0.3 is 23.9 Å². The molecule has 0 amide bonds. The molecule has 4 atom stereocenters. The molecule has 0 saturated carbocycles. The summed E-state index contributed by atoms with van der Waals surface area (Å²) >= 11 is 0. The molecule has 0 radical (unpaired) electrons. The van der Waals surface area contributed by atoms with Crippen LogP contribution in [0.2, 0.25) is 0 Å². The number of hydrogen-bond donors (Lipinski definition) is 0. The number of cyclic esters (lactones) is 4. The van der Waals surface area contributed by atoms with Gasteiger partial charge in [-0.3, -0.25) is 19.2 Å². The lowest BCUT2D eigenvalue weighted by Crippen LogP contribution is -2.31. The first-order chi connectivity index (χ1) is 15.9. The molecule has 34 heavy (non-hydrogen) atoms. The van der Waals surface area contributed by atoms with Crippen LogP contribution in [0, 0.1) is 47.3 Å². The highest BCUT2D eigenvalue weighted by atomic mass is 16.6. The van der Waals surface area contributed by atoms with Gasteiger partial charge in [-0.25, -0.2) is 0 Å². The maximum atomic E-state index is 12.8. The Labute approximate surface area is 205 Å². The van der Waals surface area contributed by atoms with Crippen molar-refractivity contribution < 1.29 is 28.7 Å². The largest absolute Gasteiger partial charge is 0.393 e. The number of carbonyl (C=O) groups excluding carboxylic acids is 4. The van der Waals surface area contributed by atoms with Gasteiger partial charge in [0, 0.05) is 0 Å². The Balaban J connectivity index is 3.25. The lowest BCUT2D eigenvalue weighted by atomic mass is 9.89. The average Bonchev–Trinajstić information content (AvgIpc) is 2.70. The predicted molar refractivity (Wildman–Crippen MR) is 132 cm³/mol. The van der Waals surface area contributed by atoms with Gasteiger partial charge in [-0.1, -0.05) is 79.7 Å². The van der Waals surface area contributed by atoms with Crippen molar-refractivity contribution in [3.8, 4) is 0 Å². The van der Waals surface area contributed by atoms with Gasteiger partial charge in [-0.05, 0) is 49.4 Å². The Morgan fingerprint density at radius 2 is 0.647 bits per heavy atom. The van der Waals surface area contributed by atoms with E-state index in [9.17, 15) is 19.2 Å². The fourth-order valence-electron chi connectivity index (χ4n) is 4.03. The van der Waals surface area contributed by atoms with E-state index >= 15 is 0 Å². The quantitative estimate of drug-likeness (QED) is 0.285. The van der Waals surface area contributed by atoms with E-state index in [1.165, 1.54) is 0 Å². The molecule has 0 aromatic heterocycles. The minimum absolute atomic E-state index is 0.00982. The summed E-state index contributed by atoms with van der Waals surface area (Å²) in [5.74, 6) is -3.91. The normalized spacial score (nSPS) is 26.7. The Morgan fingerprint density at radius 3 is 0.794 bits per heavy atom. The second-order valence-corrected chi connectivity index (χ2v) is 10.8. The van der Waals surface area contributed by atoms with Crippen LogP contribution >= 0.6 is 0 Å². The molecule has 0 aromatic rings. The summed E-state index contributed by atoms with van der Waals surface area (Å²) in [7, 11) is 0. The first-order valence-corrected chi connectivity index (χ1v) is 12.7. The molecule has 1 rings (SSSR count). The summed E-state index contributed by atoms with van der Waals surface area (Å²) < 4.78 is 10.6. The van der Waals surface area contributed by atoms with Crippen molar-refractivity contribution in [2.24, 2.45) is 47.3 Å². The second kappa shape index (κ2) is 14.2. The van der Waals surface area contributed by atoms with Gasteiger partial charge in [0.25, 0.3) is 0 Å². The third-order valence-electron chi connectivity index (χ3n) is 6.73. The Morgan fingerprint density at radius 1 is 0.471 bits per heavy atom. The van der Waals surface area contributed by atoms with Crippen LogP contribution in [-0.4, -0.2) is 23.9 Å². The fraction of sp³-hybridized carbons (Fsp3) is 0.714. The van der Waals surface area contributed by atoms with Crippen molar-refractivity contribution in [3.63, 3.8) is 0 Å². The van der Waals surface area contributed by atoms with E-state index in [0.29, 0.717) is 25.7 Å². The topological polar surface area (TPSA) is 86.7 Å². The number of hydrogen-bond acceptors (Lipinski definition) is 6. The van der Waals surface area contributed by atoms with E-state index in [1.807, 2.05) is 79.7 Å². The summed E-state index contributed by atoms with van der Waals surface area (Å²) in [5.41, 5.74) is 0. The van der Waals surface area contributed by atoms with E-state index < -0.39 is 47.5 Å². The molecule has 1 heterocycles. The van der Waals surface area contributed by atoms with Crippen LogP contribution in [0.1, 0.15) is 81.1 Å². The Kier molecular flexibility index (Phi) is 12.5. The molecular formula is C28H44O6. The number of esters is 4. The van der Waals surface area contributed by atoms with E-state index in [4.69, 9.17) is 9.47 Å². The van der Waals surface area contributed by atoms with Gasteiger partial charge in [0.1, 0.15) is 0 Å². The minimum atomic E-state index is -0.509. The van der Waals surface area contributed by atoms with E-state index in [-0.39, 0.29) is 23.7 Å². The van der Waals surface area contributed by atoms with Crippen molar-refractivity contribution in [2.75, 3.05) is 0 Å². The van der Waals surface area contributed by atoms with Gasteiger partial charge < -0.3 is 9.47 Å². The SMILES string of the molecule is CC(C)[C@H]1CC=CC[C@H](C(C)C)C(=O)OC(=O)[C@@H](C(C)C)CC=CC[C@H](C(C)C)C(=O)OC1=O. The maximum absolute atomic E-state index is 12.8. The summed E-state index contributed by atoms with van der Waals surface area (Å²) in [6.45, 7) is 15.4. The van der Waals surface area contributed by atoms with E-state index in [0.717, 1.165) is 0 Å². The molecule has 0 saturated heterocycles. The molecule has 1 aliphatic rings. The molecule has 0 unspecified atom stereocenters. The molecule has 0 aliphatic carbocycles. The molecule has 6 heteroatoms. The monoisotopic (exact) mass is 476 g/mol. The summed E-state index contributed by atoms with van der Waals surface area (Å²) in [6.07, 6.45) is 9.03. The predicted octanol–water partition coefficient (Wildman–Crippen LogP) is 5.90. The van der Waals surface area contributed by atoms with Crippen LogP contribution < -0.4 is 0 Å². The zero-order valence-corrected chi connectivity index (χ0v) is 22.2. The smallest absolute Gasteiger partial charge is 0.317 e. The van der Waals surface area contributed by atoms with Gasteiger partial charge in [-0.2, -0.15) is 0 Å². The molecule has 0 fully saturated rings. The highest BCUT2D eigenvalue weighted by Crippen LogP contribution is 2.25. The lowest BCUT2D eigenvalue weighted by molar-refractivity contribution is -0.169. The van der Waals surface area contributed by atoms with Crippen molar-refractivity contribution >= 4 is 23.9 Å².